The molecule has 1 N–H and O–H groups in total. The minimum Gasteiger partial charge on any atom is -0.390 e. The second-order valence-corrected chi connectivity index (χ2v) is 3.83. The zero-order valence-electron chi connectivity index (χ0n) is 9.51. The predicted molar refractivity (Wildman–Crippen MR) is 65.0 cm³/mol. The van der Waals surface area contributed by atoms with Gasteiger partial charge in [0.1, 0.15) is 0 Å². The highest BCUT2D eigenvalue weighted by Crippen LogP contribution is 2.21. The lowest BCUT2D eigenvalue weighted by Crippen LogP contribution is -1.94. The highest BCUT2D eigenvalue weighted by molar-refractivity contribution is 5.64. The van der Waals surface area contributed by atoms with Crippen LogP contribution < -0.4 is 0 Å². The number of nitrogens with zero attached hydrogens (tertiary/aromatic N) is 2. The Labute approximate surface area is 100.0 Å². The molecule has 2 rings (SSSR count). The zero-order chi connectivity index (χ0) is 12.3. The van der Waals surface area contributed by atoms with Crippen LogP contribution in [0.15, 0.2) is 36.5 Å². The summed E-state index contributed by atoms with van der Waals surface area (Å²) in [4.78, 5) is 4.20. The van der Waals surface area contributed by atoms with Gasteiger partial charge in [0.15, 0.2) is 0 Å². The van der Waals surface area contributed by atoms with Gasteiger partial charge in [-0.3, -0.25) is 4.98 Å². The minimum atomic E-state index is -0.0422. The maximum atomic E-state index is 9.05. The molecule has 0 atom stereocenters. The molecule has 0 spiro atoms. The number of pyridine rings is 1. The number of benzene rings is 1. The van der Waals surface area contributed by atoms with Crippen molar-refractivity contribution in [1.82, 2.24) is 4.98 Å². The number of rotatable bonds is 2. The third-order valence-corrected chi connectivity index (χ3v) is 2.68. The fraction of sp³-hybridized carbons (Fsp3) is 0.143. The van der Waals surface area contributed by atoms with Gasteiger partial charge in [0, 0.05) is 11.8 Å². The Morgan fingerprint density at radius 2 is 1.94 bits per heavy atom. The summed E-state index contributed by atoms with van der Waals surface area (Å²) in [6.45, 7) is 1.88. The molecule has 3 heteroatoms. The smallest absolute Gasteiger partial charge is 0.0991 e. The van der Waals surface area contributed by atoms with Gasteiger partial charge < -0.3 is 5.11 Å². The number of aliphatic hydroxyl groups excluding tert-OH is 1. The number of hydrogen-bond acceptors (Lipinski definition) is 3. The first-order chi connectivity index (χ1) is 8.24. The molecule has 0 bridgehead atoms. The van der Waals surface area contributed by atoms with Crippen LogP contribution in [0.5, 0.6) is 0 Å². The Kier molecular flexibility index (Phi) is 3.17. The third kappa shape index (κ3) is 2.32. The fourth-order valence-electron chi connectivity index (χ4n) is 1.66. The van der Waals surface area contributed by atoms with E-state index in [1.54, 1.807) is 18.3 Å². The third-order valence-electron chi connectivity index (χ3n) is 2.68. The molecular formula is C14H12N2O. The van der Waals surface area contributed by atoms with Crippen molar-refractivity contribution in [3.8, 4) is 17.2 Å². The van der Waals surface area contributed by atoms with E-state index in [0.717, 1.165) is 16.7 Å². The Morgan fingerprint density at radius 3 is 2.47 bits per heavy atom. The summed E-state index contributed by atoms with van der Waals surface area (Å²) in [5, 5.41) is 17.8. The van der Waals surface area contributed by atoms with Gasteiger partial charge in [-0.25, -0.2) is 0 Å². The molecule has 2 aromatic rings. The summed E-state index contributed by atoms with van der Waals surface area (Å²) in [6.07, 6.45) is 1.74. The average molecular weight is 224 g/mol. The van der Waals surface area contributed by atoms with Crippen molar-refractivity contribution >= 4 is 0 Å². The van der Waals surface area contributed by atoms with Gasteiger partial charge in [-0.05, 0) is 36.2 Å². The SMILES string of the molecule is Cc1cc(-c2ccc(C#N)cc2)cnc1CO. The van der Waals surface area contributed by atoms with Crippen LogP contribution >= 0.6 is 0 Å². The Morgan fingerprint density at radius 1 is 1.24 bits per heavy atom. The molecule has 0 radical (unpaired) electrons. The molecule has 0 unspecified atom stereocenters. The molecular weight excluding hydrogens is 212 g/mol. The van der Waals surface area contributed by atoms with Crippen LogP contribution in [0.1, 0.15) is 16.8 Å². The lowest BCUT2D eigenvalue weighted by molar-refractivity contribution is 0.276. The van der Waals surface area contributed by atoms with Crippen LogP contribution in [0.3, 0.4) is 0 Å². The molecule has 17 heavy (non-hydrogen) atoms. The van der Waals surface area contributed by atoms with Crippen molar-refractivity contribution in [2.45, 2.75) is 13.5 Å². The summed E-state index contributed by atoms with van der Waals surface area (Å²) in [7, 11) is 0. The quantitative estimate of drug-likeness (QED) is 0.852. The van der Waals surface area contributed by atoms with Gasteiger partial charge in [0.2, 0.25) is 0 Å². The fourth-order valence-corrected chi connectivity index (χ4v) is 1.66. The average Bonchev–Trinajstić information content (AvgIpc) is 2.39. The van der Waals surface area contributed by atoms with Gasteiger partial charge >= 0.3 is 0 Å². The number of aliphatic hydroxyl groups is 1. The molecule has 0 saturated heterocycles. The highest BCUT2D eigenvalue weighted by atomic mass is 16.3. The van der Waals surface area contributed by atoms with Crippen molar-refractivity contribution < 1.29 is 5.11 Å². The topological polar surface area (TPSA) is 56.9 Å². The molecule has 0 aliphatic carbocycles. The maximum Gasteiger partial charge on any atom is 0.0991 e. The lowest BCUT2D eigenvalue weighted by atomic mass is 10.0. The molecule has 0 amide bonds. The van der Waals surface area contributed by atoms with E-state index in [-0.39, 0.29) is 6.61 Å². The van der Waals surface area contributed by atoms with Gasteiger partial charge in [-0.1, -0.05) is 12.1 Å². The van der Waals surface area contributed by atoms with Crippen LogP contribution in [0.4, 0.5) is 0 Å². The highest BCUT2D eigenvalue weighted by Gasteiger charge is 2.03. The van der Waals surface area contributed by atoms with Gasteiger partial charge in [0.25, 0.3) is 0 Å². The van der Waals surface area contributed by atoms with E-state index in [0.29, 0.717) is 11.3 Å². The van der Waals surface area contributed by atoms with Crippen molar-refractivity contribution in [2.75, 3.05) is 0 Å². The monoisotopic (exact) mass is 224 g/mol. The van der Waals surface area contributed by atoms with Crippen LogP contribution in [0.25, 0.3) is 11.1 Å². The maximum absolute atomic E-state index is 9.05. The Balaban J connectivity index is 2.40. The first-order valence-corrected chi connectivity index (χ1v) is 5.31. The van der Waals surface area contributed by atoms with Gasteiger partial charge in [0.05, 0.1) is 23.9 Å². The molecule has 1 aromatic heterocycles. The summed E-state index contributed by atoms with van der Waals surface area (Å²) < 4.78 is 0. The molecule has 1 heterocycles. The van der Waals surface area contributed by atoms with Crippen LogP contribution in [0.2, 0.25) is 0 Å². The molecule has 0 saturated carbocycles. The van der Waals surface area contributed by atoms with E-state index >= 15 is 0 Å². The Bertz CT molecular complexity index is 568. The predicted octanol–water partition coefficient (Wildman–Crippen LogP) is 2.42. The van der Waals surface area contributed by atoms with E-state index in [4.69, 9.17) is 10.4 Å². The number of nitriles is 1. The molecule has 0 aliphatic rings. The molecule has 84 valence electrons. The van der Waals surface area contributed by atoms with E-state index < -0.39 is 0 Å². The first kappa shape index (κ1) is 11.3. The lowest BCUT2D eigenvalue weighted by Gasteiger charge is -2.05. The molecule has 0 aliphatic heterocycles. The molecule has 3 nitrogen and oxygen atoms in total. The second kappa shape index (κ2) is 4.77. The summed E-state index contributed by atoms with van der Waals surface area (Å²) in [5.74, 6) is 0. The standard InChI is InChI=1S/C14H12N2O/c1-10-6-13(8-16-14(10)9-17)12-4-2-11(7-15)3-5-12/h2-6,8,17H,9H2,1H3. The van der Waals surface area contributed by atoms with E-state index in [2.05, 4.69) is 11.1 Å². The normalized spacial score (nSPS) is 9.94. The second-order valence-electron chi connectivity index (χ2n) is 3.83. The van der Waals surface area contributed by atoms with E-state index in [1.165, 1.54) is 0 Å². The molecule has 0 fully saturated rings. The molecule has 1 aromatic carbocycles. The number of aryl methyl sites for hydroxylation is 1. The van der Waals surface area contributed by atoms with Crippen LogP contribution in [0, 0.1) is 18.3 Å². The van der Waals surface area contributed by atoms with Crippen molar-refractivity contribution in [3.63, 3.8) is 0 Å². The summed E-state index contributed by atoms with van der Waals surface area (Å²) in [5.41, 5.74) is 4.32. The van der Waals surface area contributed by atoms with Gasteiger partial charge in [-0.2, -0.15) is 5.26 Å². The summed E-state index contributed by atoms with van der Waals surface area (Å²) >= 11 is 0. The zero-order valence-corrected chi connectivity index (χ0v) is 9.51. The van der Waals surface area contributed by atoms with Crippen molar-refractivity contribution in [1.29, 1.82) is 5.26 Å². The minimum absolute atomic E-state index is 0.0422. The van der Waals surface area contributed by atoms with E-state index in [9.17, 15) is 0 Å². The van der Waals surface area contributed by atoms with Crippen LogP contribution in [-0.4, -0.2) is 10.1 Å². The number of hydrogen-bond donors (Lipinski definition) is 1. The summed E-state index contributed by atoms with van der Waals surface area (Å²) in [6, 6.07) is 11.4. The van der Waals surface area contributed by atoms with Crippen LogP contribution in [-0.2, 0) is 6.61 Å². The first-order valence-electron chi connectivity index (χ1n) is 5.31. The Hall–Kier alpha value is -2.18. The largest absolute Gasteiger partial charge is 0.390 e. The van der Waals surface area contributed by atoms with E-state index in [1.807, 2.05) is 25.1 Å². The number of aromatic nitrogens is 1. The van der Waals surface area contributed by atoms with Crippen molar-refractivity contribution in [3.05, 3.63) is 53.3 Å². The van der Waals surface area contributed by atoms with Gasteiger partial charge in [-0.15, -0.1) is 0 Å². The van der Waals surface area contributed by atoms with Crippen molar-refractivity contribution in [2.24, 2.45) is 0 Å².